The highest BCUT2D eigenvalue weighted by atomic mass is 14.2. The Balaban J connectivity index is 2.37. The fourth-order valence-corrected chi connectivity index (χ4v) is 1.96. The Morgan fingerprint density at radius 3 is 2.32 bits per heavy atom. The summed E-state index contributed by atoms with van der Waals surface area (Å²) in [6, 6.07) is 21.5. The molecule has 2 heteroatoms. The van der Waals surface area contributed by atoms with Crippen molar-refractivity contribution in [3.05, 3.63) is 77.4 Å². The van der Waals surface area contributed by atoms with E-state index in [1.54, 1.807) is 12.1 Å². The Labute approximate surface area is 112 Å². The van der Waals surface area contributed by atoms with Crippen LogP contribution in [0.3, 0.4) is 0 Å². The lowest BCUT2D eigenvalue weighted by atomic mass is 9.95. The van der Waals surface area contributed by atoms with Crippen molar-refractivity contribution in [3.8, 4) is 12.1 Å². The second kappa shape index (κ2) is 6.19. The fourth-order valence-electron chi connectivity index (χ4n) is 1.96. The fraction of sp³-hybridized carbons (Fsp3) is 0.0588. The third-order valence-corrected chi connectivity index (χ3v) is 2.90. The molecule has 2 rings (SSSR count). The smallest absolute Gasteiger partial charge is 0.0994 e. The standard InChI is InChI=1S/C17H12N2/c18-11-10-16(14-6-2-1-3-7-14)12-15-8-4-5-9-17(15)13-19/h1-10H,12H2/b16-10-. The van der Waals surface area contributed by atoms with Gasteiger partial charge in [0.05, 0.1) is 17.7 Å². The van der Waals surface area contributed by atoms with Crippen molar-refractivity contribution in [1.82, 2.24) is 0 Å². The Kier molecular flexibility index (Phi) is 4.11. The van der Waals surface area contributed by atoms with Gasteiger partial charge in [-0.15, -0.1) is 0 Å². The number of nitriles is 2. The molecule has 0 fully saturated rings. The van der Waals surface area contributed by atoms with Gasteiger partial charge in [0.1, 0.15) is 0 Å². The molecular weight excluding hydrogens is 232 g/mol. The van der Waals surface area contributed by atoms with Crippen molar-refractivity contribution >= 4 is 5.57 Å². The lowest BCUT2D eigenvalue weighted by Crippen LogP contribution is -1.94. The van der Waals surface area contributed by atoms with Crippen LogP contribution in [0.15, 0.2) is 60.7 Å². The summed E-state index contributed by atoms with van der Waals surface area (Å²) in [5.74, 6) is 0. The summed E-state index contributed by atoms with van der Waals surface area (Å²) >= 11 is 0. The molecule has 19 heavy (non-hydrogen) atoms. The number of benzene rings is 2. The van der Waals surface area contributed by atoms with Gasteiger partial charge in [0.2, 0.25) is 0 Å². The molecule has 0 saturated carbocycles. The van der Waals surface area contributed by atoms with Gasteiger partial charge in [0.25, 0.3) is 0 Å². The van der Waals surface area contributed by atoms with E-state index in [1.807, 2.05) is 48.5 Å². The molecule has 2 aromatic rings. The molecule has 0 aliphatic carbocycles. The molecule has 90 valence electrons. The molecule has 0 aliphatic heterocycles. The van der Waals surface area contributed by atoms with Crippen molar-refractivity contribution in [1.29, 1.82) is 10.5 Å². The van der Waals surface area contributed by atoms with Crippen molar-refractivity contribution in [2.45, 2.75) is 6.42 Å². The Morgan fingerprint density at radius 2 is 1.63 bits per heavy atom. The second-order valence-corrected chi connectivity index (χ2v) is 4.11. The maximum atomic E-state index is 9.10. The van der Waals surface area contributed by atoms with E-state index >= 15 is 0 Å². The van der Waals surface area contributed by atoms with Gasteiger partial charge in [-0.05, 0) is 22.8 Å². The van der Waals surface area contributed by atoms with Crippen molar-refractivity contribution < 1.29 is 0 Å². The quantitative estimate of drug-likeness (QED) is 0.773. The van der Waals surface area contributed by atoms with Gasteiger partial charge < -0.3 is 0 Å². The Morgan fingerprint density at radius 1 is 0.947 bits per heavy atom. The van der Waals surface area contributed by atoms with Gasteiger partial charge in [0.15, 0.2) is 0 Å². The molecule has 0 spiro atoms. The van der Waals surface area contributed by atoms with Crippen LogP contribution in [0.25, 0.3) is 5.57 Å². The normalized spacial score (nSPS) is 10.5. The minimum absolute atomic E-state index is 0.585. The molecule has 0 radical (unpaired) electrons. The summed E-state index contributed by atoms with van der Waals surface area (Å²) < 4.78 is 0. The summed E-state index contributed by atoms with van der Waals surface area (Å²) in [5, 5.41) is 18.0. The highest BCUT2D eigenvalue weighted by Gasteiger charge is 2.06. The Hall–Kier alpha value is -2.84. The van der Waals surface area contributed by atoms with Crippen LogP contribution >= 0.6 is 0 Å². The van der Waals surface area contributed by atoms with E-state index in [1.165, 1.54) is 0 Å². The summed E-state index contributed by atoms with van der Waals surface area (Å²) in [4.78, 5) is 0. The molecule has 0 unspecified atom stereocenters. The average Bonchev–Trinajstić information content (AvgIpc) is 2.48. The van der Waals surface area contributed by atoms with Crippen molar-refractivity contribution in [3.63, 3.8) is 0 Å². The zero-order valence-corrected chi connectivity index (χ0v) is 10.4. The average molecular weight is 244 g/mol. The monoisotopic (exact) mass is 244 g/mol. The maximum Gasteiger partial charge on any atom is 0.0994 e. The first-order valence-corrected chi connectivity index (χ1v) is 5.97. The molecular formula is C17H12N2. The molecule has 0 aromatic heterocycles. The SMILES string of the molecule is N#C/C=C(/Cc1ccccc1C#N)c1ccccc1. The number of hydrogen-bond donors (Lipinski definition) is 0. The molecule has 0 atom stereocenters. The molecule has 0 saturated heterocycles. The number of nitrogens with zero attached hydrogens (tertiary/aromatic N) is 2. The largest absolute Gasteiger partial charge is 0.193 e. The van der Waals surface area contributed by atoms with E-state index in [0.29, 0.717) is 12.0 Å². The van der Waals surface area contributed by atoms with E-state index < -0.39 is 0 Å². The molecule has 2 nitrogen and oxygen atoms in total. The van der Waals surface area contributed by atoms with Crippen LogP contribution in [0.4, 0.5) is 0 Å². The molecule has 0 aliphatic rings. The highest BCUT2D eigenvalue weighted by Crippen LogP contribution is 2.21. The lowest BCUT2D eigenvalue weighted by Gasteiger charge is -2.08. The topological polar surface area (TPSA) is 47.6 Å². The van der Waals surface area contributed by atoms with E-state index in [0.717, 1.165) is 16.7 Å². The van der Waals surface area contributed by atoms with Gasteiger partial charge in [-0.3, -0.25) is 0 Å². The minimum Gasteiger partial charge on any atom is -0.193 e. The van der Waals surface area contributed by atoms with E-state index in [4.69, 9.17) is 10.5 Å². The molecule has 0 amide bonds. The van der Waals surface area contributed by atoms with Crippen LogP contribution in [0, 0.1) is 22.7 Å². The van der Waals surface area contributed by atoms with Gasteiger partial charge >= 0.3 is 0 Å². The van der Waals surface area contributed by atoms with Gasteiger partial charge in [-0.1, -0.05) is 48.5 Å². The van der Waals surface area contributed by atoms with Crippen LogP contribution in [0.2, 0.25) is 0 Å². The van der Waals surface area contributed by atoms with Crippen LogP contribution in [-0.2, 0) is 6.42 Å². The van der Waals surface area contributed by atoms with Crippen LogP contribution in [-0.4, -0.2) is 0 Å². The number of hydrogen-bond acceptors (Lipinski definition) is 2. The molecule has 0 heterocycles. The molecule has 2 aromatic carbocycles. The van der Waals surface area contributed by atoms with Gasteiger partial charge in [0, 0.05) is 12.5 Å². The summed E-state index contributed by atoms with van der Waals surface area (Å²) in [5.41, 5.74) is 3.53. The first-order valence-electron chi connectivity index (χ1n) is 5.97. The second-order valence-electron chi connectivity index (χ2n) is 4.11. The van der Waals surface area contributed by atoms with Crippen molar-refractivity contribution in [2.75, 3.05) is 0 Å². The van der Waals surface area contributed by atoms with Crippen molar-refractivity contribution in [2.24, 2.45) is 0 Å². The molecule has 0 bridgehead atoms. The lowest BCUT2D eigenvalue weighted by molar-refractivity contribution is 1.25. The summed E-state index contributed by atoms with van der Waals surface area (Å²) in [6.45, 7) is 0. The summed E-state index contributed by atoms with van der Waals surface area (Å²) in [7, 11) is 0. The number of rotatable bonds is 3. The third kappa shape index (κ3) is 3.09. The van der Waals surface area contributed by atoms with Crippen LogP contribution < -0.4 is 0 Å². The van der Waals surface area contributed by atoms with Gasteiger partial charge in [-0.25, -0.2) is 0 Å². The van der Waals surface area contributed by atoms with Gasteiger partial charge in [-0.2, -0.15) is 10.5 Å². The third-order valence-electron chi connectivity index (χ3n) is 2.90. The maximum absolute atomic E-state index is 9.10. The highest BCUT2D eigenvalue weighted by molar-refractivity contribution is 5.70. The first-order chi connectivity index (χ1) is 9.35. The van der Waals surface area contributed by atoms with E-state index in [9.17, 15) is 0 Å². The predicted octanol–water partition coefficient (Wildman–Crippen LogP) is 3.71. The van der Waals surface area contributed by atoms with E-state index in [2.05, 4.69) is 12.1 Å². The van der Waals surface area contributed by atoms with E-state index in [-0.39, 0.29) is 0 Å². The Bertz CT molecular complexity index is 670. The van der Waals surface area contributed by atoms with Crippen LogP contribution in [0.1, 0.15) is 16.7 Å². The zero-order chi connectivity index (χ0) is 13.5. The molecule has 0 N–H and O–H groups in total. The predicted molar refractivity (Wildman–Crippen MR) is 74.9 cm³/mol. The first kappa shape index (κ1) is 12.6. The van der Waals surface area contributed by atoms with Crippen LogP contribution in [0.5, 0.6) is 0 Å². The number of allylic oxidation sites excluding steroid dienone is 2. The minimum atomic E-state index is 0.585. The summed E-state index contributed by atoms with van der Waals surface area (Å²) in [6.07, 6.45) is 2.13. The zero-order valence-electron chi connectivity index (χ0n) is 10.4.